The summed E-state index contributed by atoms with van der Waals surface area (Å²) < 4.78 is 5.29. The Hall–Kier alpha value is -0.0100. The van der Waals surface area contributed by atoms with Crippen LogP contribution in [0.5, 0.6) is 0 Å². The fourth-order valence-electron chi connectivity index (χ4n) is 0.553. The molecule has 0 fully saturated rings. The third-order valence-corrected chi connectivity index (χ3v) is 1.17. The Bertz CT molecular complexity index is 89.3. The van der Waals surface area contributed by atoms with Crippen molar-refractivity contribution in [2.24, 2.45) is 0 Å². The van der Waals surface area contributed by atoms with Gasteiger partial charge in [0.25, 0.3) is 0 Å². The largest absolute Gasteiger partial charge is 0.378 e. The predicted octanol–water partition coefficient (Wildman–Crippen LogP) is 2.60. The van der Waals surface area contributed by atoms with Crippen molar-refractivity contribution >= 4 is 11.6 Å². The topological polar surface area (TPSA) is 9.23 Å². The van der Waals surface area contributed by atoms with Crippen molar-refractivity contribution < 1.29 is 4.74 Å². The lowest BCUT2D eigenvalue weighted by Gasteiger charge is -2.03. The summed E-state index contributed by atoms with van der Waals surface area (Å²) in [6, 6.07) is 0. The summed E-state index contributed by atoms with van der Waals surface area (Å²) in [6.07, 6.45) is 5.27. The van der Waals surface area contributed by atoms with E-state index in [-0.39, 0.29) is 0 Å². The second-order valence-electron chi connectivity index (χ2n) is 2.33. The molecular formula is C8H15ClO. The molecule has 2 heteroatoms. The van der Waals surface area contributed by atoms with Crippen molar-refractivity contribution in [3.63, 3.8) is 0 Å². The molecule has 0 amide bonds. The van der Waals surface area contributed by atoms with Crippen LogP contribution >= 0.6 is 11.6 Å². The highest BCUT2D eigenvalue weighted by Gasteiger charge is 1.88. The van der Waals surface area contributed by atoms with E-state index >= 15 is 0 Å². The molecular weight excluding hydrogens is 148 g/mol. The quantitative estimate of drug-likeness (QED) is 0.343. The van der Waals surface area contributed by atoms with Gasteiger partial charge in [-0.05, 0) is 20.3 Å². The molecule has 10 heavy (non-hydrogen) atoms. The summed E-state index contributed by atoms with van der Waals surface area (Å²) >= 11 is 5.42. The van der Waals surface area contributed by atoms with Crippen LogP contribution in [0.15, 0.2) is 12.2 Å². The van der Waals surface area contributed by atoms with Gasteiger partial charge in [0.15, 0.2) is 0 Å². The molecule has 0 atom stereocenters. The van der Waals surface area contributed by atoms with Crippen LogP contribution in [-0.2, 0) is 4.74 Å². The maximum absolute atomic E-state index is 5.42. The number of hydrogen-bond acceptors (Lipinski definition) is 1. The summed E-state index contributed by atoms with van der Waals surface area (Å²) in [5.41, 5.74) is 0. The second-order valence-corrected chi connectivity index (χ2v) is 2.64. The molecule has 0 rings (SSSR count). The van der Waals surface area contributed by atoms with E-state index < -0.39 is 0 Å². The van der Waals surface area contributed by atoms with Crippen LogP contribution in [0, 0.1) is 0 Å². The van der Waals surface area contributed by atoms with E-state index in [9.17, 15) is 0 Å². The van der Waals surface area contributed by atoms with Gasteiger partial charge in [0.1, 0.15) is 0 Å². The van der Waals surface area contributed by atoms with Crippen molar-refractivity contribution in [3.8, 4) is 0 Å². The molecule has 1 nitrogen and oxygen atoms in total. The molecule has 60 valence electrons. The van der Waals surface area contributed by atoms with Crippen molar-refractivity contribution in [2.75, 3.05) is 12.5 Å². The minimum atomic E-state index is 0.337. The first-order chi connectivity index (χ1) is 4.77. The first-order valence-corrected chi connectivity index (χ1v) is 4.13. The van der Waals surface area contributed by atoms with E-state index in [2.05, 4.69) is 0 Å². The monoisotopic (exact) mass is 162 g/mol. The standard InChI is InChI=1S/C8H15ClO/c1-8(2)10-7-5-3-4-6-9/h3-4,8H,5-7H2,1-2H3/b4-3+. The Labute approximate surface area is 68.0 Å². The molecule has 0 aliphatic rings. The van der Waals surface area contributed by atoms with E-state index in [4.69, 9.17) is 16.3 Å². The molecule has 0 N–H and O–H groups in total. The van der Waals surface area contributed by atoms with Crippen LogP contribution < -0.4 is 0 Å². The zero-order chi connectivity index (χ0) is 7.82. The Kier molecular flexibility index (Phi) is 7.09. The van der Waals surface area contributed by atoms with Gasteiger partial charge in [-0.1, -0.05) is 12.2 Å². The molecule has 0 saturated carbocycles. The lowest BCUT2D eigenvalue weighted by Crippen LogP contribution is -2.02. The van der Waals surface area contributed by atoms with Crippen LogP contribution in [0.25, 0.3) is 0 Å². The van der Waals surface area contributed by atoms with Crippen LogP contribution in [0.4, 0.5) is 0 Å². The third kappa shape index (κ3) is 7.99. The molecule has 0 saturated heterocycles. The van der Waals surface area contributed by atoms with E-state index in [0.29, 0.717) is 12.0 Å². The Morgan fingerprint density at radius 1 is 1.40 bits per heavy atom. The van der Waals surface area contributed by atoms with E-state index in [0.717, 1.165) is 13.0 Å². The van der Waals surface area contributed by atoms with E-state index in [1.54, 1.807) is 0 Å². The second kappa shape index (κ2) is 7.10. The van der Waals surface area contributed by atoms with Gasteiger partial charge in [-0.3, -0.25) is 0 Å². The maximum atomic E-state index is 5.42. The van der Waals surface area contributed by atoms with Gasteiger partial charge in [0, 0.05) is 5.88 Å². The number of allylic oxidation sites excluding steroid dienone is 1. The smallest absolute Gasteiger partial charge is 0.0519 e. The highest BCUT2D eigenvalue weighted by atomic mass is 35.5. The molecule has 0 aliphatic carbocycles. The van der Waals surface area contributed by atoms with Crippen LogP contribution in [0.1, 0.15) is 20.3 Å². The van der Waals surface area contributed by atoms with Gasteiger partial charge >= 0.3 is 0 Å². The van der Waals surface area contributed by atoms with Gasteiger partial charge in [-0.15, -0.1) is 11.6 Å². The molecule has 0 unspecified atom stereocenters. The number of rotatable bonds is 5. The number of alkyl halides is 1. The molecule has 0 aromatic rings. The first kappa shape index (κ1) is 9.99. The molecule has 0 radical (unpaired) electrons. The summed E-state index contributed by atoms with van der Waals surface area (Å²) in [7, 11) is 0. The number of ether oxygens (including phenoxy) is 1. The van der Waals surface area contributed by atoms with Gasteiger partial charge in [0.05, 0.1) is 12.7 Å². The van der Waals surface area contributed by atoms with Gasteiger partial charge in [-0.2, -0.15) is 0 Å². The highest BCUT2D eigenvalue weighted by Crippen LogP contribution is 1.91. The summed E-state index contributed by atoms with van der Waals surface area (Å²) in [4.78, 5) is 0. The minimum absolute atomic E-state index is 0.337. The minimum Gasteiger partial charge on any atom is -0.378 e. The molecule has 0 aromatic carbocycles. The van der Waals surface area contributed by atoms with Gasteiger partial charge in [-0.25, -0.2) is 0 Å². The lowest BCUT2D eigenvalue weighted by molar-refractivity contribution is 0.0826. The van der Waals surface area contributed by atoms with Crippen LogP contribution in [0.2, 0.25) is 0 Å². The lowest BCUT2D eigenvalue weighted by atomic mass is 10.4. The SMILES string of the molecule is CC(C)OCC/C=C/CCl. The zero-order valence-corrected chi connectivity index (χ0v) is 7.40. The molecule has 0 heterocycles. The third-order valence-electron chi connectivity index (χ3n) is 0.991. The zero-order valence-electron chi connectivity index (χ0n) is 6.64. The van der Waals surface area contributed by atoms with Crippen molar-refractivity contribution in [2.45, 2.75) is 26.4 Å². The number of halogens is 1. The Balaban J connectivity index is 2.97. The Morgan fingerprint density at radius 2 is 2.10 bits per heavy atom. The Morgan fingerprint density at radius 3 is 2.60 bits per heavy atom. The molecule has 0 aliphatic heterocycles. The van der Waals surface area contributed by atoms with Gasteiger partial charge in [0.2, 0.25) is 0 Å². The first-order valence-electron chi connectivity index (χ1n) is 3.60. The van der Waals surface area contributed by atoms with Gasteiger partial charge < -0.3 is 4.74 Å². The van der Waals surface area contributed by atoms with Crippen LogP contribution in [0.3, 0.4) is 0 Å². The fraction of sp³-hybridized carbons (Fsp3) is 0.750. The normalized spacial score (nSPS) is 11.6. The average molecular weight is 163 g/mol. The summed E-state index contributed by atoms with van der Waals surface area (Å²) in [5.74, 6) is 0.599. The molecule has 0 spiro atoms. The molecule has 0 aromatic heterocycles. The van der Waals surface area contributed by atoms with Crippen molar-refractivity contribution in [1.82, 2.24) is 0 Å². The van der Waals surface area contributed by atoms with Crippen molar-refractivity contribution in [3.05, 3.63) is 12.2 Å². The highest BCUT2D eigenvalue weighted by molar-refractivity contribution is 6.18. The average Bonchev–Trinajstić information content (AvgIpc) is 1.87. The summed E-state index contributed by atoms with van der Waals surface area (Å²) in [5, 5.41) is 0. The van der Waals surface area contributed by atoms with E-state index in [1.807, 2.05) is 26.0 Å². The van der Waals surface area contributed by atoms with E-state index in [1.165, 1.54) is 0 Å². The van der Waals surface area contributed by atoms with Crippen molar-refractivity contribution in [1.29, 1.82) is 0 Å². The van der Waals surface area contributed by atoms with Crippen LogP contribution in [-0.4, -0.2) is 18.6 Å². The fourth-order valence-corrected chi connectivity index (χ4v) is 0.679. The summed E-state index contributed by atoms with van der Waals surface area (Å²) in [6.45, 7) is 4.86. The molecule has 0 bridgehead atoms. The number of hydrogen-bond donors (Lipinski definition) is 0. The predicted molar refractivity (Wildman–Crippen MR) is 45.6 cm³/mol. The maximum Gasteiger partial charge on any atom is 0.0519 e.